The minimum Gasteiger partial charge on any atom is -0.465 e. The highest BCUT2D eigenvalue weighted by Gasteiger charge is 2.38. The fraction of sp³-hybridized carbons (Fsp3) is 0.300. The Morgan fingerprint density at radius 1 is 1.00 bits per heavy atom. The van der Waals surface area contributed by atoms with Crippen LogP contribution in [-0.2, 0) is 19.5 Å². The number of benzene rings is 2. The normalized spacial score (nSPS) is 17.3. The maximum Gasteiger partial charge on any atom is 0.339 e. The van der Waals surface area contributed by atoms with Crippen LogP contribution >= 0.6 is 0 Å². The largest absolute Gasteiger partial charge is 0.465 e. The number of carbonyl (C=O) groups is 2. The van der Waals surface area contributed by atoms with E-state index in [1.54, 1.807) is 0 Å². The Morgan fingerprint density at radius 3 is 2.32 bits per heavy atom. The van der Waals surface area contributed by atoms with Crippen molar-refractivity contribution in [3.05, 3.63) is 65.2 Å². The molecular weight excluding hydrogens is 382 g/mol. The monoisotopic (exact) mass is 403 g/mol. The first-order valence-electron chi connectivity index (χ1n) is 8.77. The average Bonchev–Trinajstić information content (AvgIpc) is 3.23. The molecular formula is C20H21NO6S. The second-order valence-electron chi connectivity index (χ2n) is 6.38. The maximum absolute atomic E-state index is 13.5. The molecule has 0 saturated carbocycles. The third-order valence-corrected chi connectivity index (χ3v) is 6.73. The maximum atomic E-state index is 13.5. The number of hydrogen-bond acceptors (Lipinski definition) is 6. The van der Waals surface area contributed by atoms with Gasteiger partial charge in [0.25, 0.3) is 0 Å². The van der Waals surface area contributed by atoms with Gasteiger partial charge in [0.2, 0.25) is 10.0 Å². The highest BCUT2D eigenvalue weighted by molar-refractivity contribution is 7.89. The van der Waals surface area contributed by atoms with Gasteiger partial charge in [-0.1, -0.05) is 30.3 Å². The van der Waals surface area contributed by atoms with Gasteiger partial charge in [0.05, 0.1) is 36.3 Å². The fourth-order valence-corrected chi connectivity index (χ4v) is 5.31. The van der Waals surface area contributed by atoms with Crippen molar-refractivity contribution in [2.45, 2.75) is 23.8 Å². The minimum atomic E-state index is -4.06. The van der Waals surface area contributed by atoms with Crippen molar-refractivity contribution in [2.24, 2.45) is 0 Å². The lowest BCUT2D eigenvalue weighted by Crippen LogP contribution is -2.32. The molecule has 0 aliphatic carbocycles. The molecule has 1 unspecified atom stereocenters. The van der Waals surface area contributed by atoms with Crippen molar-refractivity contribution in [3.8, 4) is 0 Å². The van der Waals surface area contributed by atoms with Crippen molar-refractivity contribution in [2.75, 3.05) is 20.8 Å². The Bertz CT molecular complexity index is 987. The van der Waals surface area contributed by atoms with Crippen molar-refractivity contribution in [3.63, 3.8) is 0 Å². The van der Waals surface area contributed by atoms with Crippen LogP contribution < -0.4 is 0 Å². The molecule has 0 spiro atoms. The molecule has 2 aromatic carbocycles. The van der Waals surface area contributed by atoms with Crippen LogP contribution in [0.1, 0.15) is 45.2 Å². The molecule has 1 saturated heterocycles. The van der Waals surface area contributed by atoms with E-state index >= 15 is 0 Å². The average molecular weight is 403 g/mol. The summed E-state index contributed by atoms with van der Waals surface area (Å²) in [5, 5.41) is 0. The summed E-state index contributed by atoms with van der Waals surface area (Å²) in [5.41, 5.74) is 0.811. The Kier molecular flexibility index (Phi) is 5.81. The number of hydrogen-bond donors (Lipinski definition) is 0. The Morgan fingerprint density at radius 2 is 1.68 bits per heavy atom. The lowest BCUT2D eigenvalue weighted by Gasteiger charge is -2.25. The first kappa shape index (κ1) is 20.0. The molecule has 148 valence electrons. The molecule has 1 atom stereocenters. The van der Waals surface area contributed by atoms with Crippen LogP contribution in [0.3, 0.4) is 0 Å². The van der Waals surface area contributed by atoms with Gasteiger partial charge in [-0.15, -0.1) is 0 Å². The predicted molar refractivity (Wildman–Crippen MR) is 101 cm³/mol. The molecule has 1 aliphatic rings. The van der Waals surface area contributed by atoms with E-state index in [2.05, 4.69) is 4.74 Å². The van der Waals surface area contributed by atoms with E-state index in [1.165, 1.54) is 36.7 Å². The summed E-state index contributed by atoms with van der Waals surface area (Å²) in [4.78, 5) is 23.8. The van der Waals surface area contributed by atoms with Gasteiger partial charge in [-0.3, -0.25) is 0 Å². The summed E-state index contributed by atoms with van der Waals surface area (Å²) in [6, 6.07) is 12.8. The van der Waals surface area contributed by atoms with E-state index in [0.29, 0.717) is 19.4 Å². The van der Waals surface area contributed by atoms with Gasteiger partial charge in [0, 0.05) is 6.54 Å². The van der Waals surface area contributed by atoms with Gasteiger partial charge in [-0.2, -0.15) is 4.31 Å². The lowest BCUT2D eigenvalue weighted by atomic mass is 10.1. The number of methoxy groups -OCH3 is 2. The van der Waals surface area contributed by atoms with Crippen LogP contribution in [0.25, 0.3) is 0 Å². The molecule has 28 heavy (non-hydrogen) atoms. The summed E-state index contributed by atoms with van der Waals surface area (Å²) < 4.78 is 37.8. The molecule has 7 nitrogen and oxygen atoms in total. The number of carbonyl (C=O) groups excluding carboxylic acids is 2. The standard InChI is InChI=1S/C20H21NO6S/c1-26-19(22)15-10-11-16(20(23)27-2)18(13-15)28(24,25)21-12-6-9-17(21)14-7-4-3-5-8-14/h3-5,7-8,10-11,13,17H,6,9,12H2,1-2H3. The SMILES string of the molecule is COC(=O)c1ccc(C(=O)OC)c(S(=O)(=O)N2CCCC2c2ccccc2)c1. The molecule has 2 aromatic rings. The van der Waals surface area contributed by atoms with Gasteiger partial charge in [0.1, 0.15) is 0 Å². The lowest BCUT2D eigenvalue weighted by molar-refractivity contribution is 0.0583. The summed E-state index contributed by atoms with van der Waals surface area (Å²) in [7, 11) is -1.68. The molecule has 8 heteroatoms. The van der Waals surface area contributed by atoms with Gasteiger partial charge in [-0.05, 0) is 36.6 Å². The minimum absolute atomic E-state index is 0.0455. The van der Waals surface area contributed by atoms with Crippen LogP contribution in [0, 0.1) is 0 Å². The Balaban J connectivity index is 2.11. The third kappa shape index (κ3) is 3.65. The third-order valence-electron chi connectivity index (χ3n) is 4.78. The molecule has 1 aliphatic heterocycles. The summed E-state index contributed by atoms with van der Waals surface area (Å²) in [6.45, 7) is 0.324. The van der Waals surface area contributed by atoms with Crippen molar-refractivity contribution in [1.29, 1.82) is 0 Å². The molecule has 0 amide bonds. The highest BCUT2D eigenvalue weighted by atomic mass is 32.2. The number of rotatable bonds is 5. The van der Waals surface area contributed by atoms with E-state index in [4.69, 9.17) is 4.74 Å². The zero-order valence-electron chi connectivity index (χ0n) is 15.6. The molecule has 1 heterocycles. The first-order valence-corrected chi connectivity index (χ1v) is 10.2. The van der Waals surface area contributed by atoms with Crippen LogP contribution in [0.15, 0.2) is 53.4 Å². The molecule has 3 rings (SSSR count). The highest BCUT2D eigenvalue weighted by Crippen LogP contribution is 2.37. The van der Waals surface area contributed by atoms with Gasteiger partial charge in [0.15, 0.2) is 0 Å². The Labute approximate surface area is 163 Å². The van der Waals surface area contributed by atoms with Gasteiger partial charge in [-0.25, -0.2) is 18.0 Å². The van der Waals surface area contributed by atoms with Crippen molar-refractivity contribution >= 4 is 22.0 Å². The molecule has 0 N–H and O–H groups in total. The summed E-state index contributed by atoms with van der Waals surface area (Å²) >= 11 is 0. The van der Waals surface area contributed by atoms with E-state index in [-0.39, 0.29) is 22.1 Å². The second-order valence-corrected chi connectivity index (χ2v) is 8.24. The van der Waals surface area contributed by atoms with E-state index in [0.717, 1.165) is 5.56 Å². The summed E-state index contributed by atoms with van der Waals surface area (Å²) in [6.07, 6.45) is 1.37. The zero-order valence-corrected chi connectivity index (χ0v) is 16.4. The van der Waals surface area contributed by atoms with Crippen molar-refractivity contribution in [1.82, 2.24) is 4.31 Å². The van der Waals surface area contributed by atoms with Crippen LogP contribution in [0.2, 0.25) is 0 Å². The topological polar surface area (TPSA) is 90.0 Å². The van der Waals surface area contributed by atoms with E-state index in [1.807, 2.05) is 30.3 Å². The Hall–Kier alpha value is -2.71. The quantitative estimate of drug-likeness (QED) is 0.713. The number of esters is 2. The van der Waals surface area contributed by atoms with Gasteiger partial charge >= 0.3 is 11.9 Å². The van der Waals surface area contributed by atoms with Crippen LogP contribution in [-0.4, -0.2) is 45.4 Å². The smallest absolute Gasteiger partial charge is 0.339 e. The molecule has 1 fully saturated rings. The van der Waals surface area contributed by atoms with Crippen molar-refractivity contribution < 1.29 is 27.5 Å². The first-order chi connectivity index (χ1) is 13.4. The number of nitrogens with zero attached hydrogens (tertiary/aromatic N) is 1. The summed E-state index contributed by atoms with van der Waals surface area (Å²) in [5.74, 6) is -1.47. The van der Waals surface area contributed by atoms with Gasteiger partial charge < -0.3 is 9.47 Å². The zero-order chi connectivity index (χ0) is 20.3. The number of ether oxygens (including phenoxy) is 2. The molecule has 0 bridgehead atoms. The van der Waals surface area contributed by atoms with Crippen LogP contribution in [0.5, 0.6) is 0 Å². The predicted octanol–water partition coefficient (Wildman–Crippen LogP) is 2.79. The number of sulfonamides is 1. The van der Waals surface area contributed by atoms with E-state index < -0.39 is 22.0 Å². The molecule has 0 aromatic heterocycles. The second kappa shape index (κ2) is 8.12. The fourth-order valence-electron chi connectivity index (χ4n) is 3.42. The molecule has 0 radical (unpaired) electrons. The van der Waals surface area contributed by atoms with Crippen LogP contribution in [0.4, 0.5) is 0 Å². The van der Waals surface area contributed by atoms with E-state index in [9.17, 15) is 18.0 Å².